The van der Waals surface area contributed by atoms with Gasteiger partial charge in [-0.15, -0.1) is 5.10 Å². The van der Waals surface area contributed by atoms with Crippen molar-refractivity contribution in [3.8, 4) is 5.69 Å². The summed E-state index contributed by atoms with van der Waals surface area (Å²) >= 11 is 5.78. The van der Waals surface area contributed by atoms with Crippen molar-refractivity contribution in [3.63, 3.8) is 0 Å². The fourth-order valence-electron chi connectivity index (χ4n) is 3.37. The lowest BCUT2D eigenvalue weighted by atomic mass is 9.93. The van der Waals surface area contributed by atoms with Crippen molar-refractivity contribution in [2.75, 3.05) is 13.1 Å². The Labute approximate surface area is 160 Å². The van der Waals surface area contributed by atoms with Crippen molar-refractivity contribution in [1.29, 1.82) is 0 Å². The first-order valence-electron chi connectivity index (χ1n) is 8.75. The number of carboxylic acids is 1. The molecular formula is C18H20ClFN4O3. The van der Waals surface area contributed by atoms with Gasteiger partial charge in [0.05, 0.1) is 5.69 Å². The number of aromatic nitrogens is 3. The topological polar surface area (TPSA) is 88.3 Å². The number of rotatable bonds is 5. The number of benzene rings is 1. The van der Waals surface area contributed by atoms with E-state index in [9.17, 15) is 14.0 Å². The quantitative estimate of drug-likeness (QED) is 0.841. The van der Waals surface area contributed by atoms with E-state index in [4.69, 9.17) is 16.7 Å². The predicted octanol–water partition coefficient (Wildman–Crippen LogP) is 3.09. The van der Waals surface area contributed by atoms with Crippen LogP contribution in [0.1, 0.15) is 41.9 Å². The van der Waals surface area contributed by atoms with Gasteiger partial charge in [-0.3, -0.25) is 9.59 Å². The molecule has 27 heavy (non-hydrogen) atoms. The van der Waals surface area contributed by atoms with Crippen molar-refractivity contribution in [1.82, 2.24) is 19.9 Å². The van der Waals surface area contributed by atoms with Crippen LogP contribution in [-0.2, 0) is 4.79 Å². The first-order chi connectivity index (χ1) is 12.9. The Hall–Kier alpha value is -2.48. The summed E-state index contributed by atoms with van der Waals surface area (Å²) in [6.45, 7) is 2.74. The predicted molar refractivity (Wildman–Crippen MR) is 96.6 cm³/mol. The van der Waals surface area contributed by atoms with Gasteiger partial charge in [-0.2, -0.15) is 0 Å². The van der Waals surface area contributed by atoms with E-state index in [1.807, 2.05) is 0 Å². The molecule has 1 amide bonds. The Bertz CT molecular complexity index is 870. The third kappa shape index (κ3) is 4.27. The summed E-state index contributed by atoms with van der Waals surface area (Å²) in [5.41, 5.74) is 0.776. The normalized spacial score (nSPS) is 17.1. The lowest BCUT2D eigenvalue weighted by Crippen LogP contribution is -2.40. The highest BCUT2D eigenvalue weighted by molar-refractivity contribution is 6.30. The van der Waals surface area contributed by atoms with Crippen LogP contribution < -0.4 is 0 Å². The van der Waals surface area contributed by atoms with Crippen LogP contribution in [0.4, 0.5) is 4.39 Å². The van der Waals surface area contributed by atoms with E-state index in [-0.39, 0.29) is 34.6 Å². The molecule has 0 spiro atoms. The minimum absolute atomic E-state index is 0.0950. The third-order valence-electron chi connectivity index (χ3n) is 4.81. The number of carboxylic acid groups (broad SMARTS) is 1. The highest BCUT2D eigenvalue weighted by Gasteiger charge is 2.28. The van der Waals surface area contributed by atoms with Crippen LogP contribution in [0.15, 0.2) is 18.2 Å². The van der Waals surface area contributed by atoms with Crippen molar-refractivity contribution in [2.45, 2.75) is 32.6 Å². The molecule has 144 valence electrons. The Morgan fingerprint density at radius 2 is 2.19 bits per heavy atom. The summed E-state index contributed by atoms with van der Waals surface area (Å²) in [7, 11) is 0. The molecule has 1 aliphatic heterocycles. The number of likely N-dealkylation sites (tertiary alicyclic amines) is 1. The van der Waals surface area contributed by atoms with Crippen molar-refractivity contribution in [2.24, 2.45) is 5.92 Å². The monoisotopic (exact) mass is 394 g/mol. The number of aliphatic carboxylic acids is 1. The minimum Gasteiger partial charge on any atom is -0.481 e. The van der Waals surface area contributed by atoms with Gasteiger partial charge in [0.2, 0.25) is 0 Å². The Morgan fingerprint density at radius 3 is 2.89 bits per heavy atom. The average Bonchev–Trinajstić information content (AvgIpc) is 3.01. The largest absolute Gasteiger partial charge is 0.481 e. The van der Waals surface area contributed by atoms with Gasteiger partial charge in [0.15, 0.2) is 5.69 Å². The Morgan fingerprint density at radius 1 is 1.41 bits per heavy atom. The molecule has 1 fully saturated rings. The highest BCUT2D eigenvalue weighted by Crippen LogP contribution is 2.24. The van der Waals surface area contributed by atoms with Gasteiger partial charge in [-0.05, 0) is 50.3 Å². The molecule has 1 aromatic heterocycles. The zero-order valence-corrected chi connectivity index (χ0v) is 15.6. The zero-order valence-electron chi connectivity index (χ0n) is 14.9. The molecule has 1 aliphatic rings. The van der Waals surface area contributed by atoms with E-state index in [2.05, 4.69) is 10.3 Å². The number of hydrogen-bond donors (Lipinski definition) is 1. The second kappa shape index (κ2) is 8.04. The van der Waals surface area contributed by atoms with Crippen molar-refractivity contribution >= 4 is 23.5 Å². The number of carbonyl (C=O) groups excluding carboxylic acids is 1. The summed E-state index contributed by atoms with van der Waals surface area (Å²) in [5.74, 6) is -1.50. The molecule has 0 radical (unpaired) electrons. The molecule has 9 heteroatoms. The number of carbonyl (C=O) groups is 2. The molecule has 1 saturated heterocycles. The summed E-state index contributed by atoms with van der Waals surface area (Å²) in [4.78, 5) is 25.3. The maximum atomic E-state index is 14.2. The number of hydrogen-bond acceptors (Lipinski definition) is 4. The molecule has 2 aromatic rings. The summed E-state index contributed by atoms with van der Waals surface area (Å²) in [6, 6.07) is 4.20. The first kappa shape index (κ1) is 19.3. The molecule has 1 N–H and O–H groups in total. The average molecular weight is 395 g/mol. The van der Waals surface area contributed by atoms with Gasteiger partial charge < -0.3 is 10.0 Å². The van der Waals surface area contributed by atoms with Crippen molar-refractivity contribution in [3.05, 3.63) is 40.4 Å². The number of nitrogens with zero attached hydrogens (tertiary/aromatic N) is 4. The molecule has 0 saturated carbocycles. The van der Waals surface area contributed by atoms with Gasteiger partial charge in [0.1, 0.15) is 11.5 Å². The van der Waals surface area contributed by atoms with Crippen molar-refractivity contribution < 1.29 is 19.1 Å². The first-order valence-corrected chi connectivity index (χ1v) is 9.13. The summed E-state index contributed by atoms with van der Waals surface area (Å²) in [6.07, 6.45) is 2.35. The summed E-state index contributed by atoms with van der Waals surface area (Å²) in [5, 5.41) is 17.0. The standard InChI is InChI=1S/C18H20ClFN4O3/c1-11-17(21-22-24(11)15-6-5-13(19)9-14(15)20)18(27)23-8-2-3-12(10-23)4-7-16(25)26/h5-6,9,12H,2-4,7-8,10H2,1H3,(H,25,26)/t12-/m0/s1. The van der Waals surface area contributed by atoms with E-state index in [1.165, 1.54) is 16.8 Å². The maximum Gasteiger partial charge on any atom is 0.303 e. The lowest BCUT2D eigenvalue weighted by molar-refractivity contribution is -0.137. The number of piperidine rings is 1. The fourth-order valence-corrected chi connectivity index (χ4v) is 3.53. The van der Waals surface area contributed by atoms with Crippen LogP contribution >= 0.6 is 11.6 Å². The van der Waals surface area contributed by atoms with Crippen LogP contribution in [0.3, 0.4) is 0 Å². The molecule has 0 unspecified atom stereocenters. The van der Waals surface area contributed by atoms with Crippen LogP contribution in [0, 0.1) is 18.7 Å². The van der Waals surface area contributed by atoms with E-state index in [0.29, 0.717) is 25.2 Å². The molecule has 0 bridgehead atoms. The number of amides is 1. The van der Waals surface area contributed by atoms with Gasteiger partial charge in [-0.25, -0.2) is 9.07 Å². The fraction of sp³-hybridized carbons (Fsp3) is 0.444. The summed E-state index contributed by atoms with van der Waals surface area (Å²) < 4.78 is 15.4. The Balaban J connectivity index is 1.77. The van der Waals surface area contributed by atoms with E-state index in [0.717, 1.165) is 12.8 Å². The second-order valence-corrected chi connectivity index (χ2v) is 7.16. The second-order valence-electron chi connectivity index (χ2n) is 6.72. The van der Waals surface area contributed by atoms with Crippen LogP contribution in [0.5, 0.6) is 0 Å². The molecule has 7 nitrogen and oxygen atoms in total. The van der Waals surface area contributed by atoms with E-state index >= 15 is 0 Å². The minimum atomic E-state index is -0.831. The molecule has 0 aliphatic carbocycles. The lowest BCUT2D eigenvalue weighted by Gasteiger charge is -2.32. The molecule has 3 rings (SSSR count). The smallest absolute Gasteiger partial charge is 0.303 e. The molecule has 2 heterocycles. The highest BCUT2D eigenvalue weighted by atomic mass is 35.5. The van der Waals surface area contributed by atoms with Crippen LogP contribution in [-0.4, -0.2) is 50.0 Å². The maximum absolute atomic E-state index is 14.2. The third-order valence-corrected chi connectivity index (χ3v) is 5.04. The van der Waals surface area contributed by atoms with Crippen LogP contribution in [0.25, 0.3) is 5.69 Å². The molecular weight excluding hydrogens is 375 g/mol. The van der Waals surface area contributed by atoms with E-state index < -0.39 is 11.8 Å². The molecule has 1 aromatic carbocycles. The van der Waals surface area contributed by atoms with Gasteiger partial charge in [0.25, 0.3) is 5.91 Å². The number of halogens is 2. The van der Waals surface area contributed by atoms with Crippen LogP contribution in [0.2, 0.25) is 5.02 Å². The van der Waals surface area contributed by atoms with Gasteiger partial charge in [-0.1, -0.05) is 16.8 Å². The van der Waals surface area contributed by atoms with Gasteiger partial charge in [0, 0.05) is 24.5 Å². The Kier molecular flexibility index (Phi) is 5.74. The van der Waals surface area contributed by atoms with Gasteiger partial charge >= 0.3 is 5.97 Å². The zero-order chi connectivity index (χ0) is 19.6. The molecule has 1 atom stereocenters. The van der Waals surface area contributed by atoms with E-state index in [1.54, 1.807) is 17.9 Å². The SMILES string of the molecule is Cc1c(C(=O)N2CCC[C@@H](CCC(=O)O)C2)nnn1-c1ccc(Cl)cc1F.